The van der Waals surface area contributed by atoms with Gasteiger partial charge in [-0.2, -0.15) is 0 Å². The first-order valence-electron chi connectivity index (χ1n) is 7.10. The lowest BCUT2D eigenvalue weighted by Gasteiger charge is -2.11. The molecule has 0 aliphatic heterocycles. The highest BCUT2D eigenvalue weighted by atomic mass is 16.5. The van der Waals surface area contributed by atoms with Crippen LogP contribution in [0.25, 0.3) is 0 Å². The molecule has 0 radical (unpaired) electrons. The lowest BCUT2D eigenvalue weighted by molar-refractivity contribution is -0.137. The van der Waals surface area contributed by atoms with Gasteiger partial charge in [0.2, 0.25) is 0 Å². The van der Waals surface area contributed by atoms with Gasteiger partial charge in [-0.15, -0.1) is 0 Å². The number of unbranched alkanes of at least 4 members (excludes halogenated alkanes) is 3. The van der Waals surface area contributed by atoms with E-state index in [1.165, 1.54) is 0 Å². The van der Waals surface area contributed by atoms with Crippen LogP contribution < -0.4 is 0 Å². The fourth-order valence-corrected chi connectivity index (χ4v) is 2.30. The van der Waals surface area contributed by atoms with Crippen molar-refractivity contribution >= 4 is 11.8 Å². The average Bonchev–Trinajstić information content (AvgIpc) is 2.62. The molecule has 0 saturated carbocycles. The molecule has 4 nitrogen and oxygen atoms in total. The Morgan fingerprint density at radius 2 is 2.05 bits per heavy atom. The lowest BCUT2D eigenvalue weighted by Crippen LogP contribution is -2.14. The van der Waals surface area contributed by atoms with Crippen molar-refractivity contribution in [3.63, 3.8) is 0 Å². The Bertz CT molecular complexity index is 344. The second-order valence-corrected chi connectivity index (χ2v) is 5.35. The van der Waals surface area contributed by atoms with Gasteiger partial charge in [-0.25, -0.2) is 0 Å². The van der Waals surface area contributed by atoms with Crippen LogP contribution >= 0.6 is 0 Å². The molecule has 0 heterocycles. The molecule has 108 valence electrons. The Morgan fingerprint density at radius 1 is 1.37 bits per heavy atom. The van der Waals surface area contributed by atoms with Crippen LogP contribution in [0.1, 0.15) is 58.8 Å². The van der Waals surface area contributed by atoms with Gasteiger partial charge in [-0.1, -0.05) is 12.8 Å². The lowest BCUT2D eigenvalue weighted by atomic mass is 10.0. The van der Waals surface area contributed by atoms with E-state index in [2.05, 4.69) is 0 Å². The maximum absolute atomic E-state index is 11.7. The number of carboxylic acid groups (broad SMARTS) is 1. The Hall–Kier alpha value is -1.16. The molecule has 19 heavy (non-hydrogen) atoms. The number of Topliss-reactive ketones (excluding diaryl/α,β-unsaturated/α-hetero) is 1. The molecule has 0 fully saturated rings. The molecular formula is C15H24O4. The maximum atomic E-state index is 11.7. The molecule has 0 aromatic heterocycles. The number of carbonyl (C=O) groups is 2. The number of allylic oxidation sites excluding steroid dienone is 1. The topological polar surface area (TPSA) is 63.6 Å². The molecule has 0 bridgehead atoms. The molecule has 1 N–H and O–H groups in total. The van der Waals surface area contributed by atoms with E-state index in [0.717, 1.165) is 37.7 Å². The Balaban J connectivity index is 2.18. The van der Waals surface area contributed by atoms with Crippen molar-refractivity contribution in [3.8, 4) is 0 Å². The molecule has 1 aliphatic carbocycles. The molecule has 0 aromatic rings. The van der Waals surface area contributed by atoms with Crippen molar-refractivity contribution in [1.29, 1.82) is 0 Å². The van der Waals surface area contributed by atoms with E-state index in [1.807, 2.05) is 19.9 Å². The van der Waals surface area contributed by atoms with Crippen LogP contribution in [0.3, 0.4) is 0 Å². The number of carboxylic acids is 1. The van der Waals surface area contributed by atoms with Crippen LogP contribution in [0.15, 0.2) is 11.6 Å². The number of ketones is 1. The molecule has 1 atom stereocenters. The van der Waals surface area contributed by atoms with Crippen molar-refractivity contribution in [2.75, 3.05) is 0 Å². The molecule has 4 heteroatoms. The van der Waals surface area contributed by atoms with E-state index in [1.54, 1.807) is 0 Å². The standard InChI is InChI=1S/C15H24O4/c1-11(2)19-13-9-12(14(16)10-13)7-5-3-4-6-8-15(17)18/h9,11,13H,3-8,10H2,1-2H3,(H,17,18). The highest BCUT2D eigenvalue weighted by molar-refractivity contribution is 5.98. The summed E-state index contributed by atoms with van der Waals surface area (Å²) in [6.07, 6.45) is 7.14. The van der Waals surface area contributed by atoms with Crippen LogP contribution in [0.5, 0.6) is 0 Å². The number of hydrogen-bond donors (Lipinski definition) is 1. The van der Waals surface area contributed by atoms with Crippen molar-refractivity contribution in [2.24, 2.45) is 0 Å². The van der Waals surface area contributed by atoms with Gasteiger partial charge in [0.15, 0.2) is 5.78 Å². The van der Waals surface area contributed by atoms with Gasteiger partial charge in [0.1, 0.15) is 0 Å². The Labute approximate surface area is 114 Å². The second kappa shape index (κ2) is 8.10. The normalized spacial score (nSPS) is 19.0. The van der Waals surface area contributed by atoms with Crippen LogP contribution in [-0.2, 0) is 14.3 Å². The second-order valence-electron chi connectivity index (χ2n) is 5.35. The van der Waals surface area contributed by atoms with Crippen molar-refractivity contribution in [2.45, 2.75) is 71.0 Å². The van der Waals surface area contributed by atoms with Crippen LogP contribution in [0.2, 0.25) is 0 Å². The van der Waals surface area contributed by atoms with Gasteiger partial charge in [-0.05, 0) is 44.8 Å². The highest BCUT2D eigenvalue weighted by Gasteiger charge is 2.24. The van der Waals surface area contributed by atoms with Gasteiger partial charge >= 0.3 is 5.97 Å². The molecule has 1 unspecified atom stereocenters. The minimum atomic E-state index is -0.734. The van der Waals surface area contributed by atoms with Gasteiger partial charge in [-0.3, -0.25) is 9.59 Å². The zero-order valence-electron chi connectivity index (χ0n) is 11.9. The Morgan fingerprint density at radius 3 is 2.68 bits per heavy atom. The summed E-state index contributed by atoms with van der Waals surface area (Å²) >= 11 is 0. The summed E-state index contributed by atoms with van der Waals surface area (Å²) in [6, 6.07) is 0. The minimum absolute atomic E-state index is 0.0467. The zero-order chi connectivity index (χ0) is 14.3. The molecule has 0 amide bonds. The third-order valence-corrected chi connectivity index (χ3v) is 3.17. The van der Waals surface area contributed by atoms with Crippen LogP contribution in [-0.4, -0.2) is 29.1 Å². The van der Waals surface area contributed by atoms with Gasteiger partial charge in [0, 0.05) is 12.8 Å². The van der Waals surface area contributed by atoms with E-state index in [9.17, 15) is 9.59 Å². The van der Waals surface area contributed by atoms with E-state index in [0.29, 0.717) is 6.42 Å². The summed E-state index contributed by atoms with van der Waals surface area (Å²) < 4.78 is 5.62. The number of hydrogen-bond acceptors (Lipinski definition) is 3. The average molecular weight is 268 g/mol. The summed E-state index contributed by atoms with van der Waals surface area (Å²) in [5.41, 5.74) is 0.892. The quantitative estimate of drug-likeness (QED) is 0.653. The summed E-state index contributed by atoms with van der Waals surface area (Å²) in [5.74, 6) is -0.529. The summed E-state index contributed by atoms with van der Waals surface area (Å²) in [7, 11) is 0. The zero-order valence-corrected chi connectivity index (χ0v) is 11.9. The Kier molecular flexibility index (Phi) is 6.78. The largest absolute Gasteiger partial charge is 0.481 e. The van der Waals surface area contributed by atoms with E-state index >= 15 is 0 Å². The maximum Gasteiger partial charge on any atom is 0.303 e. The van der Waals surface area contributed by atoms with E-state index in [-0.39, 0.29) is 24.4 Å². The SMILES string of the molecule is CC(C)OC1C=C(CCCCCCC(=O)O)C(=O)C1. The predicted octanol–water partition coefficient (Wildman–Crippen LogP) is 3.10. The monoisotopic (exact) mass is 268 g/mol. The molecule has 1 rings (SSSR count). The smallest absolute Gasteiger partial charge is 0.303 e. The van der Waals surface area contributed by atoms with Crippen molar-refractivity contribution < 1.29 is 19.4 Å². The summed E-state index contributed by atoms with van der Waals surface area (Å²) in [5, 5.41) is 8.51. The number of ether oxygens (including phenoxy) is 1. The van der Waals surface area contributed by atoms with Crippen LogP contribution in [0.4, 0.5) is 0 Å². The molecule has 0 spiro atoms. The first kappa shape index (κ1) is 15.9. The van der Waals surface area contributed by atoms with E-state index < -0.39 is 5.97 Å². The first-order valence-corrected chi connectivity index (χ1v) is 7.10. The van der Waals surface area contributed by atoms with Crippen molar-refractivity contribution in [1.82, 2.24) is 0 Å². The summed E-state index contributed by atoms with van der Waals surface area (Å²) in [4.78, 5) is 22.1. The molecule has 0 aromatic carbocycles. The number of aliphatic carboxylic acids is 1. The molecule has 1 aliphatic rings. The van der Waals surface area contributed by atoms with Gasteiger partial charge in [0.25, 0.3) is 0 Å². The van der Waals surface area contributed by atoms with E-state index in [4.69, 9.17) is 9.84 Å². The first-order chi connectivity index (χ1) is 8.99. The molecular weight excluding hydrogens is 244 g/mol. The van der Waals surface area contributed by atoms with Crippen LogP contribution in [0, 0.1) is 0 Å². The third kappa shape index (κ3) is 6.53. The van der Waals surface area contributed by atoms with Crippen molar-refractivity contribution in [3.05, 3.63) is 11.6 Å². The van der Waals surface area contributed by atoms with Gasteiger partial charge in [0.05, 0.1) is 12.2 Å². The predicted molar refractivity (Wildman–Crippen MR) is 73.1 cm³/mol. The fraction of sp³-hybridized carbons (Fsp3) is 0.733. The minimum Gasteiger partial charge on any atom is -0.481 e. The third-order valence-electron chi connectivity index (χ3n) is 3.17. The van der Waals surface area contributed by atoms with Gasteiger partial charge < -0.3 is 9.84 Å². The summed E-state index contributed by atoms with van der Waals surface area (Å²) in [6.45, 7) is 3.94. The number of rotatable bonds is 9. The fourth-order valence-electron chi connectivity index (χ4n) is 2.30. The number of carbonyl (C=O) groups excluding carboxylic acids is 1. The highest BCUT2D eigenvalue weighted by Crippen LogP contribution is 2.23. The molecule has 0 saturated heterocycles.